The van der Waals surface area contributed by atoms with Crippen LogP contribution in [0, 0.1) is 5.82 Å². The summed E-state index contributed by atoms with van der Waals surface area (Å²) in [5.74, 6) is 1.68. The lowest BCUT2D eigenvalue weighted by Crippen LogP contribution is -2.47. The van der Waals surface area contributed by atoms with Crippen molar-refractivity contribution in [3.8, 4) is 5.75 Å². The Morgan fingerprint density at radius 2 is 1.73 bits per heavy atom. The minimum Gasteiger partial charge on any atom is -0.481 e. The minimum absolute atomic E-state index is 0.0669. The van der Waals surface area contributed by atoms with Gasteiger partial charge in [-0.05, 0) is 75.2 Å². The number of rotatable bonds is 6. The number of carbonyl (C=O) groups is 1. The molecule has 1 unspecified atom stereocenters. The molecule has 37 heavy (non-hydrogen) atoms. The van der Waals surface area contributed by atoms with Crippen LogP contribution in [0.5, 0.6) is 5.75 Å². The van der Waals surface area contributed by atoms with Crippen molar-refractivity contribution < 1.29 is 13.9 Å². The molecule has 2 aliphatic rings. The van der Waals surface area contributed by atoms with E-state index in [1.165, 1.54) is 10.6 Å². The van der Waals surface area contributed by atoms with E-state index in [4.69, 9.17) is 4.74 Å². The van der Waals surface area contributed by atoms with E-state index in [0.29, 0.717) is 31.4 Å². The summed E-state index contributed by atoms with van der Waals surface area (Å²) in [7, 11) is 0. The molecule has 2 aromatic heterocycles. The fourth-order valence-electron chi connectivity index (χ4n) is 5.35. The first kappa shape index (κ1) is 25.5. The van der Waals surface area contributed by atoms with Crippen LogP contribution in [-0.2, 0) is 4.79 Å². The Balaban J connectivity index is 1.34. The molecule has 1 saturated carbocycles. The summed E-state index contributed by atoms with van der Waals surface area (Å²) in [5.41, 5.74) is -0.602. The van der Waals surface area contributed by atoms with Gasteiger partial charge in [-0.25, -0.2) is 14.2 Å². The van der Waals surface area contributed by atoms with E-state index >= 15 is 0 Å². The van der Waals surface area contributed by atoms with Crippen molar-refractivity contribution in [3.05, 3.63) is 69.3 Å². The van der Waals surface area contributed by atoms with Crippen molar-refractivity contribution in [3.63, 3.8) is 0 Å². The summed E-state index contributed by atoms with van der Waals surface area (Å²) in [5, 5.41) is 3.18. The highest BCUT2D eigenvalue weighted by Gasteiger charge is 2.30. The van der Waals surface area contributed by atoms with Gasteiger partial charge in [-0.1, -0.05) is 18.2 Å². The molecule has 3 aromatic rings. The fraction of sp³-hybridized carbons (Fsp3) is 0.481. The fourth-order valence-corrected chi connectivity index (χ4v) is 6.43. The van der Waals surface area contributed by atoms with E-state index in [1.807, 2.05) is 30.0 Å². The van der Waals surface area contributed by atoms with Crippen molar-refractivity contribution >= 4 is 28.7 Å². The maximum Gasteiger partial charge on any atom is 0.333 e. The summed E-state index contributed by atoms with van der Waals surface area (Å²) in [6, 6.07) is 9.92. The van der Waals surface area contributed by atoms with Gasteiger partial charge in [-0.15, -0.1) is 0 Å². The quantitative estimate of drug-likeness (QED) is 0.525. The molecule has 3 heterocycles. The summed E-state index contributed by atoms with van der Waals surface area (Å²) in [6.07, 6.45) is 4.39. The Labute approximate surface area is 218 Å². The lowest BCUT2D eigenvalue weighted by atomic mass is 9.90. The molecule has 10 heteroatoms. The average Bonchev–Trinajstić information content (AvgIpc) is 2.91. The van der Waals surface area contributed by atoms with Crippen LogP contribution in [0.3, 0.4) is 0 Å². The molecule has 1 aliphatic carbocycles. The molecular formula is C27H31FN4O4S. The molecule has 1 N–H and O–H groups in total. The number of pyridine rings is 1. The number of ether oxygens (including phenoxy) is 1. The van der Waals surface area contributed by atoms with Gasteiger partial charge in [0.25, 0.3) is 11.5 Å². The largest absolute Gasteiger partial charge is 0.481 e. The van der Waals surface area contributed by atoms with Crippen LogP contribution in [0.2, 0.25) is 0 Å². The molecule has 196 valence electrons. The number of hydrogen-bond donors (Lipinski definition) is 1. The van der Waals surface area contributed by atoms with E-state index in [9.17, 15) is 18.8 Å². The number of carbonyl (C=O) groups excluding carboxylic acids is 1. The third-order valence-electron chi connectivity index (χ3n) is 7.31. The molecule has 2 fully saturated rings. The number of nitrogens with one attached hydrogen (secondary N) is 1. The number of nitrogens with zero attached hydrogens (tertiary/aromatic N) is 3. The molecular weight excluding hydrogens is 495 g/mol. The van der Waals surface area contributed by atoms with Crippen LogP contribution in [0.25, 0.3) is 11.0 Å². The highest BCUT2D eigenvalue weighted by atomic mass is 32.2. The minimum atomic E-state index is -0.647. The third kappa shape index (κ3) is 5.44. The lowest BCUT2D eigenvalue weighted by Gasteiger charge is -2.32. The Morgan fingerprint density at radius 3 is 2.43 bits per heavy atom. The SMILES string of the molecule is CC(Oc1ccccc1)C(=O)NC1CCC(n2c(=O)c3cc(F)cnc3n(C3CCSCC3)c2=O)CC1. The molecule has 8 nitrogen and oxygen atoms in total. The summed E-state index contributed by atoms with van der Waals surface area (Å²) in [4.78, 5) is 44.0. The Bertz CT molecular complexity index is 1380. The Hall–Kier alpha value is -3.14. The van der Waals surface area contributed by atoms with Crippen molar-refractivity contribution in [2.45, 2.75) is 69.7 Å². The molecule has 0 spiro atoms. The first-order chi connectivity index (χ1) is 17.9. The molecule has 1 aromatic carbocycles. The number of halogens is 1. The van der Waals surface area contributed by atoms with Gasteiger partial charge in [0, 0.05) is 18.1 Å². The Kier molecular flexibility index (Phi) is 7.64. The second-order valence-corrected chi connectivity index (χ2v) is 11.0. The maximum atomic E-state index is 14.1. The van der Waals surface area contributed by atoms with Crippen molar-refractivity contribution in [1.82, 2.24) is 19.4 Å². The van der Waals surface area contributed by atoms with Gasteiger partial charge in [-0.3, -0.25) is 18.7 Å². The van der Waals surface area contributed by atoms with Crippen LogP contribution in [0.1, 0.15) is 57.5 Å². The molecule has 1 aliphatic heterocycles. The van der Waals surface area contributed by atoms with Crippen LogP contribution in [0.15, 0.2) is 52.2 Å². The highest BCUT2D eigenvalue weighted by Crippen LogP contribution is 2.30. The van der Waals surface area contributed by atoms with Crippen LogP contribution >= 0.6 is 11.8 Å². The predicted octanol–water partition coefficient (Wildman–Crippen LogP) is 3.83. The average molecular weight is 527 g/mol. The van der Waals surface area contributed by atoms with E-state index in [0.717, 1.165) is 30.5 Å². The molecule has 1 saturated heterocycles. The second kappa shape index (κ2) is 11.1. The van der Waals surface area contributed by atoms with E-state index in [-0.39, 0.29) is 40.8 Å². The van der Waals surface area contributed by atoms with Gasteiger partial charge in [0.2, 0.25) is 0 Å². The van der Waals surface area contributed by atoms with Crippen molar-refractivity contribution in [1.29, 1.82) is 0 Å². The maximum absolute atomic E-state index is 14.1. The summed E-state index contributed by atoms with van der Waals surface area (Å²) in [6.45, 7) is 1.71. The number of fused-ring (bicyclic) bond motifs is 1. The summed E-state index contributed by atoms with van der Waals surface area (Å²) < 4.78 is 22.7. The van der Waals surface area contributed by atoms with Gasteiger partial charge >= 0.3 is 5.69 Å². The number of hydrogen-bond acceptors (Lipinski definition) is 6. The van der Waals surface area contributed by atoms with Crippen molar-refractivity contribution in [2.24, 2.45) is 0 Å². The van der Waals surface area contributed by atoms with Crippen LogP contribution in [-0.4, -0.2) is 43.7 Å². The standard InChI is InChI=1S/C27H31FN4O4S/c1-17(36-22-5-3-2-4-6-22)25(33)30-19-7-9-20(10-8-19)32-26(34)23-15-18(28)16-29-24(23)31(27(32)35)21-11-13-37-14-12-21/h2-6,15-17,19-21H,7-14H2,1H3,(H,30,33). The molecule has 0 bridgehead atoms. The number of para-hydroxylation sites is 1. The summed E-state index contributed by atoms with van der Waals surface area (Å²) >= 11 is 1.84. The normalized spacial score (nSPS) is 21.5. The highest BCUT2D eigenvalue weighted by molar-refractivity contribution is 7.99. The van der Waals surface area contributed by atoms with Gasteiger partial charge in [0.1, 0.15) is 17.2 Å². The lowest BCUT2D eigenvalue weighted by molar-refractivity contribution is -0.128. The van der Waals surface area contributed by atoms with Crippen molar-refractivity contribution in [2.75, 3.05) is 11.5 Å². The van der Waals surface area contributed by atoms with E-state index in [2.05, 4.69) is 10.3 Å². The first-order valence-corrected chi connectivity index (χ1v) is 14.0. The smallest absolute Gasteiger partial charge is 0.333 e. The molecule has 1 amide bonds. The monoisotopic (exact) mass is 526 g/mol. The Morgan fingerprint density at radius 1 is 1.05 bits per heavy atom. The number of amides is 1. The number of aromatic nitrogens is 3. The second-order valence-electron chi connectivity index (χ2n) is 9.78. The predicted molar refractivity (Wildman–Crippen MR) is 142 cm³/mol. The molecule has 1 atom stereocenters. The zero-order chi connectivity index (χ0) is 25.9. The van der Waals surface area contributed by atoms with Gasteiger partial charge in [0.05, 0.1) is 11.6 Å². The van der Waals surface area contributed by atoms with Gasteiger partial charge in [0.15, 0.2) is 6.10 Å². The molecule has 0 radical (unpaired) electrons. The van der Waals surface area contributed by atoms with Gasteiger partial charge < -0.3 is 10.1 Å². The number of benzene rings is 1. The van der Waals surface area contributed by atoms with Crippen LogP contribution < -0.4 is 21.3 Å². The van der Waals surface area contributed by atoms with Crippen LogP contribution in [0.4, 0.5) is 4.39 Å². The topological polar surface area (TPSA) is 95.2 Å². The third-order valence-corrected chi connectivity index (χ3v) is 8.36. The zero-order valence-corrected chi connectivity index (χ0v) is 21.6. The van der Waals surface area contributed by atoms with Gasteiger partial charge in [-0.2, -0.15) is 11.8 Å². The number of thioether (sulfide) groups is 1. The first-order valence-electron chi connectivity index (χ1n) is 12.8. The zero-order valence-electron chi connectivity index (χ0n) is 20.8. The van der Waals surface area contributed by atoms with E-state index in [1.54, 1.807) is 23.6 Å². The molecule has 5 rings (SSSR count). The van der Waals surface area contributed by atoms with E-state index < -0.39 is 17.5 Å².